The van der Waals surface area contributed by atoms with E-state index in [1.165, 1.54) is 0 Å². The van der Waals surface area contributed by atoms with E-state index >= 15 is 0 Å². The first-order chi connectivity index (χ1) is 12.0. The molecule has 0 saturated carbocycles. The van der Waals surface area contributed by atoms with E-state index in [1.54, 1.807) is 32.4 Å². The quantitative estimate of drug-likeness (QED) is 0.718. The summed E-state index contributed by atoms with van der Waals surface area (Å²) in [7, 11) is 3.15. The van der Waals surface area contributed by atoms with Gasteiger partial charge in [-0.2, -0.15) is 0 Å². The smallest absolute Gasteiger partial charge is 0.241 e. The number of nitrogens with two attached hydrogens (primary N) is 1. The van der Waals surface area contributed by atoms with Crippen LogP contribution in [-0.4, -0.2) is 33.3 Å². The maximum absolute atomic E-state index is 12.1. The highest BCUT2D eigenvalue weighted by molar-refractivity contribution is 5.82. The lowest BCUT2D eigenvalue weighted by Gasteiger charge is -2.14. The van der Waals surface area contributed by atoms with Crippen LogP contribution in [0.1, 0.15) is 17.2 Å². The Morgan fingerprint density at radius 2 is 1.60 bits per heavy atom. The third-order valence-corrected chi connectivity index (χ3v) is 3.71. The molecule has 3 N–H and O–H groups in total. The third-order valence-electron chi connectivity index (χ3n) is 3.71. The number of ether oxygens (including phenoxy) is 3. The molecule has 0 heterocycles. The summed E-state index contributed by atoms with van der Waals surface area (Å²) in [6.07, 6.45) is 0. The molecule has 0 radical (unpaired) electrons. The van der Waals surface area contributed by atoms with Crippen molar-refractivity contribution in [2.24, 2.45) is 5.73 Å². The molecule has 0 aliphatic carbocycles. The Morgan fingerprint density at radius 3 is 2.16 bits per heavy atom. The highest BCUT2D eigenvalue weighted by atomic mass is 16.5. The van der Waals surface area contributed by atoms with Crippen LogP contribution in [0.5, 0.6) is 17.2 Å². The van der Waals surface area contributed by atoms with E-state index in [0.717, 1.165) is 11.1 Å². The van der Waals surface area contributed by atoms with Crippen molar-refractivity contribution in [1.29, 1.82) is 0 Å². The lowest BCUT2D eigenvalue weighted by molar-refractivity contribution is -0.122. The van der Waals surface area contributed by atoms with Gasteiger partial charge in [0.1, 0.15) is 29.9 Å². The monoisotopic (exact) mass is 344 g/mol. The summed E-state index contributed by atoms with van der Waals surface area (Å²) in [4.78, 5) is 12.1. The van der Waals surface area contributed by atoms with Gasteiger partial charge < -0.3 is 25.3 Å². The number of hydrogen-bond donors (Lipinski definition) is 2. The van der Waals surface area contributed by atoms with Crippen LogP contribution in [0.3, 0.4) is 0 Å². The van der Waals surface area contributed by atoms with Crippen molar-refractivity contribution >= 4 is 5.91 Å². The molecular formula is C19H24N2O4. The average Bonchev–Trinajstić information content (AvgIpc) is 2.64. The molecule has 1 unspecified atom stereocenters. The van der Waals surface area contributed by atoms with Crippen molar-refractivity contribution in [2.75, 3.05) is 27.4 Å². The molecule has 6 nitrogen and oxygen atoms in total. The predicted molar refractivity (Wildman–Crippen MR) is 96.2 cm³/mol. The van der Waals surface area contributed by atoms with E-state index < -0.39 is 6.04 Å². The fraction of sp³-hybridized carbons (Fsp3) is 0.316. The van der Waals surface area contributed by atoms with E-state index in [4.69, 9.17) is 19.9 Å². The molecule has 0 bridgehead atoms. The Bertz CT molecular complexity index is 679. The summed E-state index contributed by atoms with van der Waals surface area (Å²) < 4.78 is 16.0. The normalized spacial score (nSPS) is 11.5. The summed E-state index contributed by atoms with van der Waals surface area (Å²) in [5, 5.41) is 2.77. The third kappa shape index (κ3) is 5.39. The van der Waals surface area contributed by atoms with Gasteiger partial charge in [-0.25, -0.2) is 0 Å². The van der Waals surface area contributed by atoms with Gasteiger partial charge in [-0.05, 0) is 12.5 Å². The first-order valence-electron chi connectivity index (χ1n) is 7.99. The zero-order valence-corrected chi connectivity index (χ0v) is 14.7. The Labute approximate surface area is 147 Å². The molecule has 6 heteroatoms. The Morgan fingerprint density at radius 1 is 1.04 bits per heavy atom. The van der Waals surface area contributed by atoms with E-state index in [9.17, 15) is 4.79 Å². The van der Waals surface area contributed by atoms with Crippen LogP contribution in [-0.2, 0) is 4.79 Å². The van der Waals surface area contributed by atoms with Crippen molar-refractivity contribution in [3.63, 3.8) is 0 Å². The Hall–Kier alpha value is -2.73. The topological polar surface area (TPSA) is 82.8 Å². The van der Waals surface area contributed by atoms with Crippen LogP contribution in [0.2, 0.25) is 0 Å². The van der Waals surface area contributed by atoms with Gasteiger partial charge in [-0.15, -0.1) is 0 Å². The highest BCUT2D eigenvalue weighted by Crippen LogP contribution is 2.27. The number of methoxy groups -OCH3 is 2. The van der Waals surface area contributed by atoms with Crippen molar-refractivity contribution in [1.82, 2.24) is 5.32 Å². The van der Waals surface area contributed by atoms with Crippen LogP contribution in [0.4, 0.5) is 0 Å². The molecule has 0 saturated heterocycles. The summed E-state index contributed by atoms with van der Waals surface area (Å²) >= 11 is 0. The van der Waals surface area contributed by atoms with Crippen molar-refractivity contribution in [3.05, 3.63) is 53.6 Å². The van der Waals surface area contributed by atoms with Crippen LogP contribution >= 0.6 is 0 Å². The second-order valence-electron chi connectivity index (χ2n) is 5.58. The molecule has 0 fully saturated rings. The molecule has 0 aliphatic heterocycles. The van der Waals surface area contributed by atoms with Crippen molar-refractivity contribution in [3.8, 4) is 17.2 Å². The van der Waals surface area contributed by atoms with Crippen LogP contribution in [0, 0.1) is 6.92 Å². The molecule has 1 amide bonds. The summed E-state index contributed by atoms with van der Waals surface area (Å²) in [6.45, 7) is 2.64. The van der Waals surface area contributed by atoms with Gasteiger partial charge >= 0.3 is 0 Å². The van der Waals surface area contributed by atoms with Gasteiger partial charge in [0.25, 0.3) is 0 Å². The summed E-state index contributed by atoms with van der Waals surface area (Å²) in [6, 6.07) is 12.2. The number of carbonyl (C=O) groups excluding carboxylic acids is 1. The van der Waals surface area contributed by atoms with Gasteiger partial charge in [-0.3, -0.25) is 4.79 Å². The Kier molecular flexibility index (Phi) is 6.65. The maximum atomic E-state index is 12.1. The van der Waals surface area contributed by atoms with Gasteiger partial charge in [0.05, 0.1) is 20.8 Å². The van der Waals surface area contributed by atoms with Gasteiger partial charge in [0.15, 0.2) is 0 Å². The fourth-order valence-electron chi connectivity index (χ4n) is 2.24. The van der Waals surface area contributed by atoms with E-state index in [-0.39, 0.29) is 5.91 Å². The van der Waals surface area contributed by atoms with Gasteiger partial charge in [0.2, 0.25) is 5.91 Å². The lowest BCUT2D eigenvalue weighted by Crippen LogP contribution is -2.36. The number of nitrogens with one attached hydrogen (secondary N) is 1. The molecule has 0 aromatic heterocycles. The number of amides is 1. The summed E-state index contributed by atoms with van der Waals surface area (Å²) in [5.74, 6) is 1.64. The maximum Gasteiger partial charge on any atom is 0.241 e. The molecule has 2 aromatic carbocycles. The number of aryl methyl sites for hydroxylation is 1. The lowest BCUT2D eigenvalue weighted by atomic mass is 10.1. The molecule has 134 valence electrons. The zero-order valence-electron chi connectivity index (χ0n) is 14.7. The van der Waals surface area contributed by atoms with Crippen LogP contribution in [0.15, 0.2) is 42.5 Å². The second kappa shape index (κ2) is 8.94. The zero-order chi connectivity index (χ0) is 18.2. The molecule has 25 heavy (non-hydrogen) atoms. The van der Waals surface area contributed by atoms with E-state index in [1.807, 2.05) is 31.2 Å². The molecule has 0 aliphatic rings. The second-order valence-corrected chi connectivity index (χ2v) is 5.58. The largest absolute Gasteiger partial charge is 0.496 e. The summed E-state index contributed by atoms with van der Waals surface area (Å²) in [5.41, 5.74) is 7.87. The SMILES string of the molecule is COc1cc(OC)cc(OCCNC(=O)C(N)c2ccc(C)cc2)c1. The molecular weight excluding hydrogens is 320 g/mol. The predicted octanol–water partition coefficient (Wildman–Crippen LogP) is 2.21. The minimum absolute atomic E-state index is 0.240. The Balaban J connectivity index is 1.82. The van der Waals surface area contributed by atoms with E-state index in [0.29, 0.717) is 30.4 Å². The molecule has 2 aromatic rings. The van der Waals surface area contributed by atoms with Gasteiger partial charge in [0, 0.05) is 18.2 Å². The van der Waals surface area contributed by atoms with Crippen molar-refractivity contribution in [2.45, 2.75) is 13.0 Å². The van der Waals surface area contributed by atoms with Gasteiger partial charge in [-0.1, -0.05) is 29.8 Å². The minimum Gasteiger partial charge on any atom is -0.496 e. The number of carbonyl (C=O) groups is 1. The molecule has 2 rings (SSSR count). The first kappa shape index (κ1) is 18.6. The van der Waals surface area contributed by atoms with Crippen LogP contribution < -0.4 is 25.3 Å². The fourth-order valence-corrected chi connectivity index (χ4v) is 2.24. The first-order valence-corrected chi connectivity index (χ1v) is 7.99. The van der Waals surface area contributed by atoms with E-state index in [2.05, 4.69) is 5.32 Å². The number of hydrogen-bond acceptors (Lipinski definition) is 5. The highest BCUT2D eigenvalue weighted by Gasteiger charge is 2.14. The van der Waals surface area contributed by atoms with Crippen LogP contribution in [0.25, 0.3) is 0 Å². The standard InChI is InChI=1S/C19H24N2O4/c1-13-4-6-14(7-5-13)18(20)19(22)21-8-9-25-17-11-15(23-2)10-16(12-17)24-3/h4-7,10-12,18H,8-9,20H2,1-3H3,(H,21,22). The number of benzene rings is 2. The minimum atomic E-state index is -0.697. The molecule has 1 atom stereocenters. The number of rotatable bonds is 8. The molecule has 0 spiro atoms. The average molecular weight is 344 g/mol. The van der Waals surface area contributed by atoms with Crippen molar-refractivity contribution < 1.29 is 19.0 Å².